The molecule has 0 fully saturated rings. The summed E-state index contributed by atoms with van der Waals surface area (Å²) in [6.07, 6.45) is 1.68. The zero-order valence-electron chi connectivity index (χ0n) is 6.94. The number of rotatable bonds is 1. The number of pyridine rings is 1. The lowest BCUT2D eigenvalue weighted by Crippen LogP contribution is -1.78. The van der Waals surface area contributed by atoms with Crippen LogP contribution in [0.3, 0.4) is 0 Å². The van der Waals surface area contributed by atoms with Crippen molar-refractivity contribution in [3.8, 4) is 16.8 Å². The molecule has 0 N–H and O–H groups in total. The second kappa shape index (κ2) is 3.74. The molecule has 2 aromatic heterocycles. The van der Waals surface area contributed by atoms with Crippen molar-refractivity contribution in [2.75, 3.05) is 0 Å². The summed E-state index contributed by atoms with van der Waals surface area (Å²) in [6.45, 7) is 0. The van der Waals surface area contributed by atoms with E-state index in [9.17, 15) is 0 Å². The molecule has 0 unspecified atom stereocenters. The highest BCUT2D eigenvalue weighted by Gasteiger charge is 2.10. The average Bonchev–Trinajstić information content (AvgIpc) is 2.61. The monoisotopic (exact) mass is 221 g/mol. The van der Waals surface area contributed by atoms with Crippen LogP contribution < -0.4 is 0 Å². The lowest BCUT2D eigenvalue weighted by molar-refractivity contribution is 1.29. The van der Waals surface area contributed by atoms with Crippen molar-refractivity contribution < 1.29 is 0 Å². The molecule has 0 aliphatic heterocycles. The highest BCUT2D eigenvalue weighted by Crippen LogP contribution is 2.28. The Morgan fingerprint density at radius 2 is 2.29 bits per heavy atom. The van der Waals surface area contributed by atoms with Crippen LogP contribution >= 0.6 is 22.9 Å². The summed E-state index contributed by atoms with van der Waals surface area (Å²) in [4.78, 5) is 8.59. The molecule has 0 aliphatic carbocycles. The van der Waals surface area contributed by atoms with E-state index in [1.54, 1.807) is 6.20 Å². The summed E-state index contributed by atoms with van der Waals surface area (Å²) in [5.41, 5.74) is 0.737. The third-order valence-corrected chi connectivity index (χ3v) is 2.94. The number of nitriles is 1. The SMILES string of the molecule is N#Cc1sc(-c2ccccn2)nc1Cl. The third kappa shape index (κ3) is 1.60. The first-order chi connectivity index (χ1) is 6.81. The minimum atomic E-state index is 0.248. The zero-order valence-corrected chi connectivity index (χ0v) is 8.51. The molecule has 68 valence electrons. The van der Waals surface area contributed by atoms with Crippen LogP contribution in [0.15, 0.2) is 24.4 Å². The Labute approximate surface area is 89.6 Å². The molecular formula is C9H4ClN3S. The van der Waals surface area contributed by atoms with Gasteiger partial charge in [-0.3, -0.25) is 4.98 Å². The van der Waals surface area contributed by atoms with Gasteiger partial charge >= 0.3 is 0 Å². The maximum atomic E-state index is 8.69. The number of hydrogen-bond donors (Lipinski definition) is 0. The van der Waals surface area contributed by atoms with Crippen molar-refractivity contribution >= 4 is 22.9 Å². The van der Waals surface area contributed by atoms with Gasteiger partial charge in [0.1, 0.15) is 16.0 Å². The molecule has 0 aromatic carbocycles. The van der Waals surface area contributed by atoms with Crippen LogP contribution in [0.4, 0.5) is 0 Å². The third-order valence-electron chi connectivity index (χ3n) is 1.57. The molecule has 3 nitrogen and oxygen atoms in total. The predicted octanol–water partition coefficient (Wildman–Crippen LogP) is 2.73. The van der Waals surface area contributed by atoms with Crippen LogP contribution in [0.1, 0.15) is 4.88 Å². The van der Waals surface area contributed by atoms with Gasteiger partial charge in [0.15, 0.2) is 5.15 Å². The van der Waals surface area contributed by atoms with Gasteiger partial charge in [-0.05, 0) is 12.1 Å². The Balaban J connectivity index is 2.50. The van der Waals surface area contributed by atoms with E-state index < -0.39 is 0 Å². The highest BCUT2D eigenvalue weighted by atomic mass is 35.5. The summed E-state index contributed by atoms with van der Waals surface area (Å²) in [6, 6.07) is 7.50. The van der Waals surface area contributed by atoms with E-state index in [-0.39, 0.29) is 5.15 Å². The van der Waals surface area contributed by atoms with Crippen LogP contribution in [0.2, 0.25) is 5.15 Å². The van der Waals surface area contributed by atoms with Gasteiger partial charge in [0, 0.05) is 6.20 Å². The molecule has 0 aliphatic rings. The first-order valence-electron chi connectivity index (χ1n) is 3.79. The fourth-order valence-corrected chi connectivity index (χ4v) is 1.99. The molecule has 0 radical (unpaired) electrons. The maximum Gasteiger partial charge on any atom is 0.158 e. The van der Waals surface area contributed by atoms with E-state index >= 15 is 0 Å². The number of thiazole rings is 1. The number of halogens is 1. The van der Waals surface area contributed by atoms with E-state index in [4.69, 9.17) is 16.9 Å². The lowest BCUT2D eigenvalue weighted by atomic mass is 10.4. The van der Waals surface area contributed by atoms with Crippen LogP contribution in [0, 0.1) is 11.3 Å². The van der Waals surface area contributed by atoms with Crippen molar-refractivity contribution in [1.29, 1.82) is 5.26 Å². The van der Waals surface area contributed by atoms with Gasteiger partial charge in [0.05, 0.1) is 5.69 Å². The molecule has 2 rings (SSSR count). The summed E-state index contributed by atoms with van der Waals surface area (Å²) in [5, 5.41) is 9.62. The van der Waals surface area contributed by atoms with Crippen LogP contribution in [-0.4, -0.2) is 9.97 Å². The molecule has 0 saturated heterocycles. The maximum absolute atomic E-state index is 8.69. The number of nitrogens with zero attached hydrogens (tertiary/aromatic N) is 3. The summed E-state index contributed by atoms with van der Waals surface area (Å²) >= 11 is 6.99. The fourth-order valence-electron chi connectivity index (χ4n) is 0.969. The largest absolute Gasteiger partial charge is 0.254 e. The van der Waals surface area contributed by atoms with Crippen molar-refractivity contribution in [2.45, 2.75) is 0 Å². The molecule has 0 saturated carbocycles. The van der Waals surface area contributed by atoms with Gasteiger partial charge in [-0.1, -0.05) is 29.0 Å². The van der Waals surface area contributed by atoms with E-state index in [2.05, 4.69) is 9.97 Å². The smallest absolute Gasteiger partial charge is 0.158 e. The van der Waals surface area contributed by atoms with Crippen molar-refractivity contribution in [2.24, 2.45) is 0 Å². The average molecular weight is 222 g/mol. The molecule has 14 heavy (non-hydrogen) atoms. The van der Waals surface area contributed by atoms with Gasteiger partial charge in [0.25, 0.3) is 0 Å². The quantitative estimate of drug-likeness (QED) is 0.744. The van der Waals surface area contributed by atoms with Crippen molar-refractivity contribution in [1.82, 2.24) is 9.97 Å². The van der Waals surface area contributed by atoms with Crippen molar-refractivity contribution in [3.05, 3.63) is 34.4 Å². The van der Waals surface area contributed by atoms with E-state index in [0.717, 1.165) is 5.69 Å². The molecule has 0 bridgehead atoms. The fraction of sp³-hybridized carbons (Fsp3) is 0. The topological polar surface area (TPSA) is 49.6 Å². The molecular weight excluding hydrogens is 218 g/mol. The van der Waals surface area contributed by atoms with Gasteiger partial charge in [-0.15, -0.1) is 0 Å². The molecule has 0 amide bonds. The van der Waals surface area contributed by atoms with Crippen LogP contribution in [0.25, 0.3) is 10.7 Å². The van der Waals surface area contributed by atoms with Gasteiger partial charge < -0.3 is 0 Å². The van der Waals surface area contributed by atoms with Gasteiger partial charge in [-0.2, -0.15) is 5.26 Å². The zero-order chi connectivity index (χ0) is 9.97. The minimum absolute atomic E-state index is 0.248. The molecule has 2 heterocycles. The van der Waals surface area contributed by atoms with Gasteiger partial charge in [-0.25, -0.2) is 4.98 Å². The molecule has 5 heteroatoms. The second-order valence-electron chi connectivity index (χ2n) is 2.47. The normalized spacial score (nSPS) is 9.71. The molecule has 0 atom stereocenters. The van der Waals surface area contributed by atoms with E-state index in [1.807, 2.05) is 24.3 Å². The summed E-state index contributed by atoms with van der Waals surface area (Å²) < 4.78 is 0. The first-order valence-corrected chi connectivity index (χ1v) is 4.98. The van der Waals surface area contributed by atoms with Crippen LogP contribution in [0.5, 0.6) is 0 Å². The first kappa shape index (κ1) is 9.13. The molecule has 0 spiro atoms. The Hall–Kier alpha value is -1.44. The number of hydrogen-bond acceptors (Lipinski definition) is 4. The number of aromatic nitrogens is 2. The Morgan fingerprint density at radius 1 is 1.43 bits per heavy atom. The standard InChI is InChI=1S/C9H4ClN3S/c10-8-7(5-11)14-9(13-8)6-3-1-2-4-12-6/h1-4H. The van der Waals surface area contributed by atoms with Gasteiger partial charge in [0.2, 0.25) is 0 Å². The predicted molar refractivity (Wildman–Crippen MR) is 55.1 cm³/mol. The van der Waals surface area contributed by atoms with E-state index in [0.29, 0.717) is 9.88 Å². The Morgan fingerprint density at radius 3 is 2.86 bits per heavy atom. The summed E-state index contributed by atoms with van der Waals surface area (Å²) in [7, 11) is 0. The lowest BCUT2D eigenvalue weighted by Gasteiger charge is -1.90. The van der Waals surface area contributed by atoms with Crippen molar-refractivity contribution in [3.63, 3.8) is 0 Å². The van der Waals surface area contributed by atoms with E-state index in [1.165, 1.54) is 11.3 Å². The molecule has 2 aromatic rings. The van der Waals surface area contributed by atoms with Crippen LogP contribution in [-0.2, 0) is 0 Å². The Kier molecular flexibility index (Phi) is 2.44. The highest BCUT2D eigenvalue weighted by molar-refractivity contribution is 7.16. The minimum Gasteiger partial charge on any atom is -0.254 e. The second-order valence-corrected chi connectivity index (χ2v) is 3.82. The summed E-state index contributed by atoms with van der Waals surface area (Å²) in [5.74, 6) is 0. The Bertz CT molecular complexity index is 487.